The van der Waals surface area contributed by atoms with E-state index in [9.17, 15) is 37.1 Å². The second kappa shape index (κ2) is 19.2. The van der Waals surface area contributed by atoms with Crippen LogP contribution >= 0.6 is 11.3 Å². The largest absolute Gasteiger partial charge is 0.469 e. The number of carbonyl (C=O) groups excluding carboxylic acids is 5. The minimum atomic E-state index is -4.50. The lowest BCUT2D eigenvalue weighted by Crippen LogP contribution is -2.56. The van der Waals surface area contributed by atoms with E-state index >= 15 is 0 Å². The van der Waals surface area contributed by atoms with Crippen LogP contribution in [0.1, 0.15) is 105 Å². The summed E-state index contributed by atoms with van der Waals surface area (Å²) in [6.45, 7) is 7.63. The molecule has 2 aromatic rings. The number of benzene rings is 1. The van der Waals surface area contributed by atoms with Crippen molar-refractivity contribution in [3.63, 3.8) is 0 Å². The molecule has 1 aliphatic heterocycles. The SMILES string of the molecule is COC(=O)[C@@H](C)C[C@H](Cc1ccc(C(F)(F)F)cc1)NC(=O)c1csc([C@@H](C[C@H](C(C)C)N(C)C(=O)[C@@H](NC(=O)[C@H]2CCCCN2C)C2CC2)OC(C)=O)n1. The number of esters is 2. The molecule has 0 unspecified atom stereocenters. The highest BCUT2D eigenvalue weighted by molar-refractivity contribution is 7.09. The smallest absolute Gasteiger partial charge is 0.416 e. The van der Waals surface area contributed by atoms with Crippen LogP contribution < -0.4 is 10.6 Å². The molecule has 0 bridgehead atoms. The van der Waals surface area contributed by atoms with Gasteiger partial charge in [0.15, 0.2) is 6.10 Å². The molecule has 0 radical (unpaired) electrons. The topological polar surface area (TPSA) is 147 Å². The van der Waals surface area contributed by atoms with E-state index in [0.717, 1.165) is 62.1 Å². The van der Waals surface area contributed by atoms with Gasteiger partial charge in [0.05, 0.1) is 24.6 Å². The number of aromatic nitrogens is 1. The predicted molar refractivity (Wildman–Crippen MR) is 200 cm³/mol. The summed E-state index contributed by atoms with van der Waals surface area (Å²) in [5.41, 5.74) is -0.257. The third-order valence-corrected chi connectivity index (χ3v) is 11.4. The number of alkyl halides is 3. The summed E-state index contributed by atoms with van der Waals surface area (Å²) in [7, 11) is 4.86. The summed E-state index contributed by atoms with van der Waals surface area (Å²) >= 11 is 1.11. The maximum absolute atomic E-state index is 14.1. The number of nitrogens with zero attached hydrogens (tertiary/aromatic N) is 3. The highest BCUT2D eigenvalue weighted by Crippen LogP contribution is 2.36. The molecule has 55 heavy (non-hydrogen) atoms. The average molecular weight is 794 g/mol. The fourth-order valence-electron chi connectivity index (χ4n) is 7.18. The average Bonchev–Trinajstić information content (AvgIpc) is 3.85. The standard InChI is InChI=1S/C39H54F3N5O7S/c1-22(2)31(47(6)37(51)33(26-13-14-26)45-35(50)30-10-8-9-17-46(30)5)20-32(54-24(4)48)36-44-29(21-55-36)34(49)43-28(18-23(3)38(52)53-7)19-25-11-15-27(16-12-25)39(40,41)42/h11-12,15-16,21-23,26,28,30-33H,8-10,13-14,17-20H2,1-7H3,(H,43,49)(H,45,50)/t23-,28+,30+,31+,32+,33-/m0/s1. The Morgan fingerprint density at radius 2 is 1.69 bits per heavy atom. The molecule has 0 spiro atoms. The number of nitrogens with one attached hydrogen (secondary N) is 2. The fourth-order valence-corrected chi connectivity index (χ4v) is 8.02. The van der Waals surface area contributed by atoms with Crippen LogP contribution in [0, 0.1) is 17.8 Å². The maximum atomic E-state index is 14.1. The first-order chi connectivity index (χ1) is 25.9. The van der Waals surface area contributed by atoms with E-state index < -0.39 is 59.7 Å². The second-order valence-corrected chi connectivity index (χ2v) is 16.1. The molecule has 2 fully saturated rings. The van der Waals surface area contributed by atoms with Crippen molar-refractivity contribution in [2.24, 2.45) is 17.8 Å². The molecule has 4 rings (SSSR count). The van der Waals surface area contributed by atoms with Gasteiger partial charge in [-0.15, -0.1) is 11.3 Å². The van der Waals surface area contributed by atoms with Gasteiger partial charge >= 0.3 is 18.1 Å². The zero-order chi connectivity index (χ0) is 40.6. The van der Waals surface area contributed by atoms with E-state index in [1.807, 2.05) is 25.8 Å². The van der Waals surface area contributed by atoms with Gasteiger partial charge in [0, 0.05) is 37.9 Å². The van der Waals surface area contributed by atoms with E-state index in [4.69, 9.17) is 9.47 Å². The number of likely N-dealkylation sites (N-methyl/N-ethyl adjacent to an activating group) is 2. The molecule has 2 N–H and O–H groups in total. The molecule has 3 amide bonds. The van der Waals surface area contributed by atoms with Crippen molar-refractivity contribution >= 4 is 41.0 Å². The monoisotopic (exact) mass is 793 g/mol. The van der Waals surface area contributed by atoms with Gasteiger partial charge < -0.3 is 25.0 Å². The van der Waals surface area contributed by atoms with Gasteiger partial charge in [0.2, 0.25) is 11.8 Å². The van der Waals surface area contributed by atoms with Crippen LogP contribution in [0.2, 0.25) is 0 Å². The highest BCUT2D eigenvalue weighted by Gasteiger charge is 2.42. The molecule has 2 aliphatic rings. The van der Waals surface area contributed by atoms with Gasteiger partial charge in [-0.25, -0.2) is 4.98 Å². The summed E-state index contributed by atoms with van der Waals surface area (Å²) in [4.78, 5) is 73.8. The van der Waals surface area contributed by atoms with Crippen LogP contribution in [0.5, 0.6) is 0 Å². The molecule has 1 aromatic carbocycles. The number of carbonyl (C=O) groups is 5. The zero-order valence-corrected chi connectivity index (χ0v) is 33.4. The number of rotatable bonds is 17. The zero-order valence-electron chi connectivity index (χ0n) is 32.6. The Morgan fingerprint density at radius 1 is 1.02 bits per heavy atom. The molecule has 304 valence electrons. The third kappa shape index (κ3) is 12.2. The Labute approximate surface area is 324 Å². The van der Waals surface area contributed by atoms with Gasteiger partial charge in [0.25, 0.3) is 5.91 Å². The van der Waals surface area contributed by atoms with Crippen LogP contribution in [0.4, 0.5) is 13.2 Å². The number of hydrogen-bond donors (Lipinski definition) is 2. The number of halogens is 3. The van der Waals surface area contributed by atoms with Crippen molar-refractivity contribution in [2.75, 3.05) is 27.7 Å². The minimum absolute atomic E-state index is 0.0232. The van der Waals surface area contributed by atoms with E-state index in [2.05, 4.69) is 15.6 Å². The van der Waals surface area contributed by atoms with Crippen molar-refractivity contribution in [1.29, 1.82) is 0 Å². The van der Waals surface area contributed by atoms with Crippen LogP contribution in [-0.4, -0.2) is 96.4 Å². The third-order valence-electron chi connectivity index (χ3n) is 10.5. The molecule has 1 saturated heterocycles. The number of amides is 3. The summed E-state index contributed by atoms with van der Waals surface area (Å²) < 4.78 is 50.0. The van der Waals surface area contributed by atoms with Crippen molar-refractivity contribution in [2.45, 2.75) is 116 Å². The van der Waals surface area contributed by atoms with Gasteiger partial charge in [0.1, 0.15) is 16.7 Å². The van der Waals surface area contributed by atoms with Crippen LogP contribution in [-0.2, 0) is 41.2 Å². The molecule has 12 nitrogen and oxygen atoms in total. The molecular weight excluding hydrogens is 740 g/mol. The Balaban J connectivity index is 1.50. The van der Waals surface area contributed by atoms with Crippen LogP contribution in [0.3, 0.4) is 0 Å². The van der Waals surface area contributed by atoms with Gasteiger partial charge in [-0.05, 0) is 81.6 Å². The van der Waals surface area contributed by atoms with E-state index in [-0.39, 0.29) is 54.6 Å². The first-order valence-corrected chi connectivity index (χ1v) is 19.7. The van der Waals surface area contributed by atoms with E-state index in [1.54, 1.807) is 18.9 Å². The summed E-state index contributed by atoms with van der Waals surface area (Å²) in [6, 6.07) is 2.54. The number of thiazole rings is 1. The lowest BCUT2D eigenvalue weighted by Gasteiger charge is -2.37. The summed E-state index contributed by atoms with van der Waals surface area (Å²) in [5.74, 6) is -2.69. The number of piperidine rings is 1. The molecule has 1 aliphatic carbocycles. The van der Waals surface area contributed by atoms with Gasteiger partial charge in [-0.3, -0.25) is 28.9 Å². The predicted octanol–water partition coefficient (Wildman–Crippen LogP) is 5.56. The molecular formula is C39H54F3N5O7S. The van der Waals surface area contributed by atoms with Crippen LogP contribution in [0.25, 0.3) is 0 Å². The number of methoxy groups -OCH3 is 1. The molecule has 1 saturated carbocycles. The second-order valence-electron chi connectivity index (χ2n) is 15.2. The molecule has 6 atom stereocenters. The van der Waals surface area contributed by atoms with Crippen molar-refractivity contribution in [3.05, 3.63) is 51.5 Å². The van der Waals surface area contributed by atoms with E-state index in [0.29, 0.717) is 10.6 Å². The summed E-state index contributed by atoms with van der Waals surface area (Å²) in [5, 5.41) is 7.78. The Kier molecular flexibility index (Phi) is 15.2. The Morgan fingerprint density at radius 3 is 2.25 bits per heavy atom. The quantitative estimate of drug-likeness (QED) is 0.197. The Hall–Kier alpha value is -4.05. The number of likely N-dealkylation sites (tertiary alicyclic amines) is 1. The van der Waals surface area contributed by atoms with E-state index in [1.165, 1.54) is 31.5 Å². The number of hydrogen-bond acceptors (Lipinski definition) is 10. The number of ether oxygens (including phenoxy) is 2. The first kappa shape index (κ1) is 43.7. The minimum Gasteiger partial charge on any atom is -0.469 e. The first-order valence-electron chi connectivity index (χ1n) is 18.8. The van der Waals surface area contributed by atoms with Crippen molar-refractivity contribution < 1.29 is 46.6 Å². The highest BCUT2D eigenvalue weighted by atomic mass is 32.1. The Bertz CT molecular complexity index is 1650. The lowest BCUT2D eigenvalue weighted by atomic mass is 9.95. The fraction of sp³-hybridized carbons (Fsp3) is 0.641. The van der Waals surface area contributed by atoms with Gasteiger partial charge in [-0.2, -0.15) is 13.2 Å². The van der Waals surface area contributed by atoms with Gasteiger partial charge in [-0.1, -0.05) is 39.3 Å². The van der Waals surface area contributed by atoms with Crippen LogP contribution in [0.15, 0.2) is 29.6 Å². The molecule has 1 aromatic heterocycles. The summed E-state index contributed by atoms with van der Waals surface area (Å²) in [6.07, 6.45) is -0.553. The normalized spacial score (nSPS) is 19.1. The molecule has 2 heterocycles. The lowest BCUT2D eigenvalue weighted by molar-refractivity contribution is -0.149. The maximum Gasteiger partial charge on any atom is 0.416 e. The van der Waals surface area contributed by atoms with Crippen molar-refractivity contribution in [3.8, 4) is 0 Å². The van der Waals surface area contributed by atoms with Crippen molar-refractivity contribution in [1.82, 2.24) is 25.4 Å². The molecule has 16 heteroatoms.